The van der Waals surface area contributed by atoms with Crippen molar-refractivity contribution in [3.05, 3.63) is 36.5 Å². The van der Waals surface area contributed by atoms with Crippen LogP contribution in [0.4, 0.5) is 0 Å². The number of benzene rings is 1. The van der Waals surface area contributed by atoms with Gasteiger partial charge in [0, 0.05) is 17.6 Å². The largest absolute Gasteiger partial charge is 0.484 e. The minimum absolute atomic E-state index is 0.0378. The summed E-state index contributed by atoms with van der Waals surface area (Å²) in [5, 5.41) is 3.86. The molecule has 0 spiro atoms. The van der Waals surface area contributed by atoms with Crippen LogP contribution in [0.5, 0.6) is 5.75 Å². The van der Waals surface area contributed by atoms with Gasteiger partial charge < -0.3 is 10.1 Å². The van der Waals surface area contributed by atoms with Crippen molar-refractivity contribution in [2.75, 3.05) is 6.61 Å². The number of ether oxygens (including phenoxy) is 1. The first-order valence-electron chi connectivity index (χ1n) is 6.46. The summed E-state index contributed by atoms with van der Waals surface area (Å²) in [5.41, 5.74) is 0.916. The van der Waals surface area contributed by atoms with E-state index in [-0.39, 0.29) is 18.6 Å². The number of carbonyl (C=O) groups excluding carboxylic acids is 1. The molecular formula is C15H18N2O2. The van der Waals surface area contributed by atoms with Gasteiger partial charge >= 0.3 is 0 Å². The molecule has 1 aromatic heterocycles. The Labute approximate surface area is 112 Å². The van der Waals surface area contributed by atoms with Crippen molar-refractivity contribution in [2.24, 2.45) is 0 Å². The minimum Gasteiger partial charge on any atom is -0.484 e. The van der Waals surface area contributed by atoms with Crippen molar-refractivity contribution in [2.45, 2.75) is 26.3 Å². The second-order valence-electron chi connectivity index (χ2n) is 4.52. The Balaban J connectivity index is 1.96. The molecule has 100 valence electrons. The molecule has 4 nitrogen and oxygen atoms in total. The fourth-order valence-corrected chi connectivity index (χ4v) is 1.71. The third-order valence-electron chi connectivity index (χ3n) is 2.96. The van der Waals surface area contributed by atoms with E-state index in [0.29, 0.717) is 5.75 Å². The molecule has 0 bridgehead atoms. The molecule has 2 aromatic rings. The van der Waals surface area contributed by atoms with Gasteiger partial charge in [-0.1, -0.05) is 13.0 Å². The molecule has 1 atom stereocenters. The Bertz CT molecular complexity index is 569. The lowest BCUT2D eigenvalue weighted by Gasteiger charge is -2.12. The number of aromatic nitrogens is 1. The predicted molar refractivity (Wildman–Crippen MR) is 75.1 cm³/mol. The Morgan fingerprint density at radius 2 is 2.26 bits per heavy atom. The van der Waals surface area contributed by atoms with Crippen molar-refractivity contribution >= 4 is 16.8 Å². The Hall–Kier alpha value is -2.10. The highest BCUT2D eigenvalue weighted by Gasteiger charge is 2.06. The Morgan fingerprint density at radius 3 is 3.05 bits per heavy atom. The van der Waals surface area contributed by atoms with E-state index in [4.69, 9.17) is 4.74 Å². The summed E-state index contributed by atoms with van der Waals surface area (Å²) < 4.78 is 5.48. The van der Waals surface area contributed by atoms with E-state index in [2.05, 4.69) is 10.3 Å². The summed E-state index contributed by atoms with van der Waals surface area (Å²) in [5.74, 6) is 0.584. The van der Waals surface area contributed by atoms with Crippen LogP contribution in [0.2, 0.25) is 0 Å². The zero-order chi connectivity index (χ0) is 13.7. The number of hydrogen-bond acceptors (Lipinski definition) is 3. The van der Waals surface area contributed by atoms with Gasteiger partial charge in [-0.3, -0.25) is 9.78 Å². The lowest BCUT2D eigenvalue weighted by atomic mass is 10.2. The van der Waals surface area contributed by atoms with Crippen LogP contribution in [0.15, 0.2) is 36.5 Å². The molecule has 2 rings (SSSR count). The lowest BCUT2D eigenvalue weighted by Crippen LogP contribution is -2.35. The van der Waals surface area contributed by atoms with Crippen LogP contribution in [-0.2, 0) is 4.79 Å². The molecule has 1 heterocycles. The molecule has 0 radical (unpaired) electrons. The molecule has 0 aliphatic rings. The summed E-state index contributed by atoms with van der Waals surface area (Å²) in [6, 6.07) is 9.62. The molecule has 19 heavy (non-hydrogen) atoms. The number of carbonyl (C=O) groups is 1. The van der Waals surface area contributed by atoms with Crippen LogP contribution in [0.3, 0.4) is 0 Å². The summed E-state index contributed by atoms with van der Waals surface area (Å²) >= 11 is 0. The van der Waals surface area contributed by atoms with E-state index in [9.17, 15) is 4.79 Å². The zero-order valence-corrected chi connectivity index (χ0v) is 11.2. The fraction of sp³-hybridized carbons (Fsp3) is 0.333. The van der Waals surface area contributed by atoms with Crippen molar-refractivity contribution in [3.63, 3.8) is 0 Å². The first kappa shape index (κ1) is 13.3. The first-order chi connectivity index (χ1) is 9.19. The highest BCUT2D eigenvalue weighted by molar-refractivity contribution is 5.80. The van der Waals surface area contributed by atoms with Crippen LogP contribution < -0.4 is 10.1 Å². The average Bonchev–Trinajstić information content (AvgIpc) is 2.44. The summed E-state index contributed by atoms with van der Waals surface area (Å²) in [6.07, 6.45) is 2.66. The Kier molecular flexibility index (Phi) is 4.34. The minimum atomic E-state index is -0.0966. The molecule has 1 N–H and O–H groups in total. The van der Waals surface area contributed by atoms with E-state index >= 15 is 0 Å². The van der Waals surface area contributed by atoms with Gasteiger partial charge in [0.05, 0.1) is 5.52 Å². The quantitative estimate of drug-likeness (QED) is 0.896. The van der Waals surface area contributed by atoms with Gasteiger partial charge in [0.2, 0.25) is 0 Å². The second-order valence-corrected chi connectivity index (χ2v) is 4.52. The topological polar surface area (TPSA) is 51.2 Å². The molecule has 4 heteroatoms. The monoisotopic (exact) mass is 258 g/mol. The third-order valence-corrected chi connectivity index (χ3v) is 2.96. The first-order valence-corrected chi connectivity index (χ1v) is 6.46. The number of rotatable bonds is 5. The van der Waals surface area contributed by atoms with Crippen molar-refractivity contribution in [3.8, 4) is 5.75 Å². The third kappa shape index (κ3) is 3.68. The maximum atomic E-state index is 11.6. The van der Waals surface area contributed by atoms with E-state index in [1.807, 2.05) is 44.2 Å². The standard InChI is InChI=1S/C15H18N2O2/c1-3-11(2)17-15(18)10-19-13-6-7-14-12(9-13)5-4-8-16-14/h4-9,11H,3,10H2,1-2H3,(H,17,18). The number of nitrogens with one attached hydrogen (secondary N) is 1. The van der Waals surface area contributed by atoms with Crippen LogP contribution in [0.25, 0.3) is 10.9 Å². The smallest absolute Gasteiger partial charge is 0.258 e. The number of amides is 1. The normalized spacial score (nSPS) is 12.1. The lowest BCUT2D eigenvalue weighted by molar-refractivity contribution is -0.123. The SMILES string of the molecule is CCC(C)NC(=O)COc1ccc2ncccc2c1. The second kappa shape index (κ2) is 6.18. The van der Waals surface area contributed by atoms with E-state index < -0.39 is 0 Å². The van der Waals surface area contributed by atoms with Gasteiger partial charge in [0.15, 0.2) is 6.61 Å². The number of nitrogens with zero attached hydrogens (tertiary/aromatic N) is 1. The van der Waals surface area contributed by atoms with E-state index in [1.54, 1.807) is 6.20 Å². The molecular weight excluding hydrogens is 240 g/mol. The van der Waals surface area contributed by atoms with Crippen molar-refractivity contribution < 1.29 is 9.53 Å². The molecule has 0 saturated heterocycles. The summed E-state index contributed by atoms with van der Waals surface area (Å²) in [7, 11) is 0. The Morgan fingerprint density at radius 1 is 1.42 bits per heavy atom. The molecule has 0 saturated carbocycles. The molecule has 1 unspecified atom stereocenters. The van der Waals surface area contributed by atoms with Crippen molar-refractivity contribution in [1.29, 1.82) is 0 Å². The van der Waals surface area contributed by atoms with Gasteiger partial charge in [-0.25, -0.2) is 0 Å². The van der Waals surface area contributed by atoms with E-state index in [0.717, 1.165) is 17.3 Å². The van der Waals surface area contributed by atoms with Gasteiger partial charge in [0.25, 0.3) is 5.91 Å². The van der Waals surface area contributed by atoms with Gasteiger partial charge in [-0.05, 0) is 37.6 Å². The maximum absolute atomic E-state index is 11.6. The van der Waals surface area contributed by atoms with Crippen LogP contribution in [-0.4, -0.2) is 23.5 Å². The van der Waals surface area contributed by atoms with Gasteiger partial charge in [0.1, 0.15) is 5.75 Å². The number of pyridine rings is 1. The molecule has 1 aromatic carbocycles. The average molecular weight is 258 g/mol. The summed E-state index contributed by atoms with van der Waals surface area (Å²) in [4.78, 5) is 15.8. The molecule has 1 amide bonds. The van der Waals surface area contributed by atoms with E-state index in [1.165, 1.54) is 0 Å². The van der Waals surface area contributed by atoms with Gasteiger partial charge in [-0.2, -0.15) is 0 Å². The number of fused-ring (bicyclic) bond motifs is 1. The molecule has 0 aliphatic carbocycles. The van der Waals surface area contributed by atoms with Gasteiger partial charge in [-0.15, -0.1) is 0 Å². The zero-order valence-electron chi connectivity index (χ0n) is 11.2. The van der Waals surface area contributed by atoms with Crippen LogP contribution >= 0.6 is 0 Å². The van der Waals surface area contributed by atoms with Crippen LogP contribution in [0.1, 0.15) is 20.3 Å². The van der Waals surface area contributed by atoms with Crippen LogP contribution in [0, 0.1) is 0 Å². The maximum Gasteiger partial charge on any atom is 0.258 e. The highest BCUT2D eigenvalue weighted by Crippen LogP contribution is 2.18. The molecule has 0 fully saturated rings. The summed E-state index contributed by atoms with van der Waals surface area (Å²) in [6.45, 7) is 4.04. The predicted octanol–water partition coefficient (Wildman–Crippen LogP) is 2.53. The number of hydrogen-bond donors (Lipinski definition) is 1. The fourth-order valence-electron chi connectivity index (χ4n) is 1.71. The highest BCUT2D eigenvalue weighted by atomic mass is 16.5. The van der Waals surface area contributed by atoms with Crippen molar-refractivity contribution in [1.82, 2.24) is 10.3 Å². The molecule has 0 aliphatic heterocycles.